The Labute approximate surface area is 275 Å². The van der Waals surface area contributed by atoms with Gasteiger partial charge >= 0.3 is 0 Å². The van der Waals surface area contributed by atoms with Gasteiger partial charge in [-0.15, -0.1) is 11.3 Å². The summed E-state index contributed by atoms with van der Waals surface area (Å²) in [6.07, 6.45) is 0. The minimum Gasteiger partial charge on any atom is -0.235 e. The van der Waals surface area contributed by atoms with E-state index in [0.29, 0.717) is 17.5 Å². The van der Waals surface area contributed by atoms with Crippen LogP contribution in [0.15, 0.2) is 158 Å². The van der Waals surface area contributed by atoms with Crippen molar-refractivity contribution in [3.05, 3.63) is 158 Å². The molecule has 2 heterocycles. The zero-order valence-electron chi connectivity index (χ0n) is 25.2. The van der Waals surface area contributed by atoms with Crippen molar-refractivity contribution in [3.8, 4) is 55.9 Å². The van der Waals surface area contributed by atoms with Crippen molar-refractivity contribution >= 4 is 43.1 Å². The molecule has 0 atom stereocenters. The van der Waals surface area contributed by atoms with Crippen LogP contribution in [-0.4, -0.2) is 19.9 Å². The van der Waals surface area contributed by atoms with E-state index >= 15 is 0 Å². The molecule has 0 fully saturated rings. The highest BCUT2D eigenvalue weighted by Gasteiger charge is 2.14. The number of thiazole rings is 1. The van der Waals surface area contributed by atoms with E-state index in [-0.39, 0.29) is 0 Å². The smallest absolute Gasteiger partial charge is 0.164 e. The van der Waals surface area contributed by atoms with Gasteiger partial charge in [0.25, 0.3) is 0 Å². The first-order chi connectivity index (χ1) is 23.3. The van der Waals surface area contributed by atoms with Crippen LogP contribution in [0.1, 0.15) is 0 Å². The summed E-state index contributed by atoms with van der Waals surface area (Å²) in [5.74, 6) is 1.96. The van der Waals surface area contributed by atoms with Crippen LogP contribution >= 0.6 is 11.3 Å². The SMILES string of the molecule is c1ccc(-c2nc(-c3ccccc3)nc(-c3ccc(-c4ccc5c(ccc6ccc7sc(-c8ccccc8)nc7c65)c4)cc3)n2)cc1. The lowest BCUT2D eigenvalue weighted by Gasteiger charge is -2.10. The largest absolute Gasteiger partial charge is 0.235 e. The second-order valence-electron chi connectivity index (χ2n) is 11.5. The van der Waals surface area contributed by atoms with Crippen LogP contribution in [0.3, 0.4) is 0 Å². The van der Waals surface area contributed by atoms with E-state index in [1.165, 1.54) is 26.2 Å². The van der Waals surface area contributed by atoms with Crippen LogP contribution in [0, 0.1) is 0 Å². The maximum atomic E-state index is 5.13. The Hall–Kier alpha value is -6.04. The lowest BCUT2D eigenvalue weighted by Crippen LogP contribution is -2.00. The number of nitrogens with zero attached hydrogens (tertiary/aromatic N) is 4. The van der Waals surface area contributed by atoms with Crippen molar-refractivity contribution in [2.45, 2.75) is 0 Å². The fraction of sp³-hybridized carbons (Fsp3) is 0. The van der Waals surface area contributed by atoms with Crippen LogP contribution in [-0.2, 0) is 0 Å². The highest BCUT2D eigenvalue weighted by molar-refractivity contribution is 7.21. The molecule has 0 spiro atoms. The Morgan fingerprint density at radius 3 is 1.47 bits per heavy atom. The van der Waals surface area contributed by atoms with E-state index in [0.717, 1.165) is 43.9 Å². The normalized spacial score (nSPS) is 11.4. The van der Waals surface area contributed by atoms with Gasteiger partial charge in [0.15, 0.2) is 17.5 Å². The van der Waals surface area contributed by atoms with E-state index in [1.807, 2.05) is 66.7 Å². The molecule has 0 bridgehead atoms. The van der Waals surface area contributed by atoms with E-state index in [2.05, 4.69) is 91.0 Å². The van der Waals surface area contributed by atoms with Crippen molar-refractivity contribution in [3.63, 3.8) is 0 Å². The molecule has 0 saturated heterocycles. The molecule has 47 heavy (non-hydrogen) atoms. The van der Waals surface area contributed by atoms with E-state index in [9.17, 15) is 0 Å². The number of hydrogen-bond acceptors (Lipinski definition) is 5. The first-order valence-corrected chi connectivity index (χ1v) is 16.4. The maximum absolute atomic E-state index is 5.13. The second kappa shape index (κ2) is 11.4. The number of fused-ring (bicyclic) bond motifs is 5. The van der Waals surface area contributed by atoms with Crippen LogP contribution in [0.4, 0.5) is 0 Å². The van der Waals surface area contributed by atoms with E-state index in [4.69, 9.17) is 19.9 Å². The summed E-state index contributed by atoms with van der Waals surface area (Å²) in [4.78, 5) is 19.7. The molecule has 0 unspecified atom stereocenters. The van der Waals surface area contributed by atoms with E-state index < -0.39 is 0 Å². The standard InChI is InChI=1S/C42H26N4S/c1-4-10-29(11-5-1)39-44-40(30-12-6-2-7-13-30)46-41(45-39)31-19-16-27(17-20-31)33-22-24-35-34(26-33)21-18-28-23-25-36-38(37(28)35)43-42(47-36)32-14-8-3-9-15-32/h1-26H. The van der Waals surface area contributed by atoms with Gasteiger partial charge in [0.1, 0.15) is 5.01 Å². The average Bonchev–Trinajstić information content (AvgIpc) is 3.60. The summed E-state index contributed by atoms with van der Waals surface area (Å²) < 4.78 is 1.20. The molecule has 0 aliphatic rings. The summed E-state index contributed by atoms with van der Waals surface area (Å²) in [5, 5.41) is 5.86. The Morgan fingerprint density at radius 2 is 0.851 bits per heavy atom. The predicted octanol–water partition coefficient (Wildman–Crippen LogP) is 11.1. The second-order valence-corrected chi connectivity index (χ2v) is 12.5. The Kier molecular flexibility index (Phi) is 6.61. The minimum absolute atomic E-state index is 0.649. The molecule has 4 nitrogen and oxygen atoms in total. The third-order valence-electron chi connectivity index (χ3n) is 8.55. The van der Waals surface area contributed by atoms with Gasteiger partial charge in [-0.1, -0.05) is 146 Å². The summed E-state index contributed by atoms with van der Waals surface area (Å²) in [6.45, 7) is 0. The highest BCUT2D eigenvalue weighted by Crippen LogP contribution is 2.38. The molecule has 7 aromatic carbocycles. The molecule has 2 aromatic heterocycles. The minimum atomic E-state index is 0.649. The highest BCUT2D eigenvalue weighted by atomic mass is 32.1. The molecule has 0 aliphatic carbocycles. The van der Waals surface area contributed by atoms with Crippen LogP contribution in [0.5, 0.6) is 0 Å². The number of aromatic nitrogens is 4. The Balaban J connectivity index is 1.10. The number of benzene rings is 7. The van der Waals surface area contributed by atoms with Gasteiger partial charge in [-0.05, 0) is 39.4 Å². The van der Waals surface area contributed by atoms with Gasteiger partial charge in [0, 0.05) is 27.6 Å². The zero-order chi connectivity index (χ0) is 31.2. The number of hydrogen-bond donors (Lipinski definition) is 0. The van der Waals surface area contributed by atoms with Crippen LogP contribution in [0.25, 0.3) is 87.6 Å². The number of rotatable bonds is 5. The molecule has 9 aromatic rings. The quantitative estimate of drug-likeness (QED) is 0.180. The molecule has 5 heteroatoms. The fourth-order valence-corrected chi connectivity index (χ4v) is 7.15. The van der Waals surface area contributed by atoms with Gasteiger partial charge in [-0.25, -0.2) is 19.9 Å². The monoisotopic (exact) mass is 618 g/mol. The zero-order valence-corrected chi connectivity index (χ0v) is 26.0. The van der Waals surface area contributed by atoms with Crippen molar-refractivity contribution in [1.82, 2.24) is 19.9 Å². The first-order valence-electron chi connectivity index (χ1n) is 15.6. The van der Waals surface area contributed by atoms with E-state index in [1.54, 1.807) is 11.3 Å². The van der Waals surface area contributed by atoms with Gasteiger partial charge < -0.3 is 0 Å². The van der Waals surface area contributed by atoms with Crippen molar-refractivity contribution < 1.29 is 0 Å². The van der Waals surface area contributed by atoms with Crippen LogP contribution in [0.2, 0.25) is 0 Å². The van der Waals surface area contributed by atoms with Gasteiger partial charge in [-0.3, -0.25) is 0 Å². The predicted molar refractivity (Wildman–Crippen MR) is 195 cm³/mol. The fourth-order valence-electron chi connectivity index (χ4n) is 6.17. The molecule has 0 amide bonds. The lowest BCUT2D eigenvalue weighted by molar-refractivity contribution is 1.07. The third kappa shape index (κ3) is 5.03. The first kappa shape index (κ1) is 27.3. The van der Waals surface area contributed by atoms with Crippen molar-refractivity contribution in [1.29, 1.82) is 0 Å². The molecule has 0 saturated carbocycles. The molecular weight excluding hydrogens is 593 g/mol. The molecular formula is C42H26N4S. The molecule has 0 radical (unpaired) electrons. The summed E-state index contributed by atoms with van der Waals surface area (Å²) >= 11 is 1.75. The molecule has 0 N–H and O–H groups in total. The van der Waals surface area contributed by atoms with Gasteiger partial charge in [0.05, 0.1) is 10.2 Å². The Bertz CT molecular complexity index is 2490. The Morgan fingerprint density at radius 1 is 0.362 bits per heavy atom. The average molecular weight is 619 g/mol. The van der Waals surface area contributed by atoms with Gasteiger partial charge in [-0.2, -0.15) is 0 Å². The maximum Gasteiger partial charge on any atom is 0.164 e. The topological polar surface area (TPSA) is 51.6 Å². The summed E-state index contributed by atoms with van der Waals surface area (Å²) in [5.41, 5.74) is 7.37. The molecule has 220 valence electrons. The van der Waals surface area contributed by atoms with Gasteiger partial charge in [0.2, 0.25) is 0 Å². The lowest BCUT2D eigenvalue weighted by atomic mass is 9.96. The van der Waals surface area contributed by atoms with Crippen molar-refractivity contribution in [2.75, 3.05) is 0 Å². The molecule has 0 aliphatic heterocycles. The summed E-state index contributed by atoms with van der Waals surface area (Å²) in [6, 6.07) is 54.6. The van der Waals surface area contributed by atoms with Crippen LogP contribution < -0.4 is 0 Å². The third-order valence-corrected chi connectivity index (χ3v) is 9.62. The van der Waals surface area contributed by atoms with Crippen molar-refractivity contribution in [2.24, 2.45) is 0 Å². The summed E-state index contributed by atoms with van der Waals surface area (Å²) in [7, 11) is 0. The molecule has 9 rings (SSSR count).